The van der Waals surface area contributed by atoms with Crippen LogP contribution in [0.5, 0.6) is 0 Å². The Morgan fingerprint density at radius 2 is 1.72 bits per heavy atom. The van der Waals surface area contributed by atoms with Crippen LogP contribution < -0.4 is 21.0 Å². The van der Waals surface area contributed by atoms with Crippen molar-refractivity contribution in [2.24, 2.45) is 7.05 Å². The Kier molecular flexibility index (Phi) is 4.83. The maximum atomic E-state index is 13.1. The molecule has 2 aromatic heterocycles. The van der Waals surface area contributed by atoms with Crippen molar-refractivity contribution in [1.82, 2.24) is 19.5 Å². The van der Waals surface area contributed by atoms with Gasteiger partial charge in [0, 0.05) is 44.4 Å². The summed E-state index contributed by atoms with van der Waals surface area (Å²) in [5, 5.41) is 0. The van der Waals surface area contributed by atoms with Crippen molar-refractivity contribution < 1.29 is 13.2 Å². The summed E-state index contributed by atoms with van der Waals surface area (Å²) >= 11 is 0. The van der Waals surface area contributed by atoms with Gasteiger partial charge in [-0.05, 0) is 25.7 Å². The molecule has 1 aliphatic carbocycles. The number of nitrogens with one attached hydrogen (secondary N) is 1. The summed E-state index contributed by atoms with van der Waals surface area (Å²) in [6, 6.07) is 2.63. The van der Waals surface area contributed by atoms with Gasteiger partial charge in [0.2, 0.25) is 0 Å². The van der Waals surface area contributed by atoms with E-state index in [1.165, 1.54) is 13.1 Å². The van der Waals surface area contributed by atoms with Crippen LogP contribution in [0.4, 0.5) is 24.8 Å². The molecule has 29 heavy (non-hydrogen) atoms. The van der Waals surface area contributed by atoms with Crippen molar-refractivity contribution in [3.05, 3.63) is 45.0 Å². The van der Waals surface area contributed by atoms with Gasteiger partial charge in [-0.3, -0.25) is 14.3 Å². The minimum Gasteiger partial charge on any atom is -0.358 e. The van der Waals surface area contributed by atoms with Gasteiger partial charge in [0.15, 0.2) is 0 Å². The fourth-order valence-electron chi connectivity index (χ4n) is 3.77. The molecule has 2 aliphatic rings. The Labute approximate surface area is 164 Å². The predicted molar refractivity (Wildman–Crippen MR) is 100 cm³/mol. The van der Waals surface area contributed by atoms with Crippen LogP contribution in [-0.2, 0) is 13.2 Å². The Bertz CT molecular complexity index is 974. The number of aromatic nitrogens is 4. The minimum absolute atomic E-state index is 0.0352. The van der Waals surface area contributed by atoms with E-state index in [-0.39, 0.29) is 17.6 Å². The highest BCUT2D eigenvalue weighted by Gasteiger charge is 2.39. The molecule has 2 fully saturated rings. The van der Waals surface area contributed by atoms with E-state index in [1.807, 2.05) is 9.80 Å². The molecule has 11 heteroatoms. The SMILES string of the molecule is Cn1c(=O)cc(N2CCC(N(c3cc(C(F)(F)F)ncn3)C3CC3)CC2)[nH]c1=O. The lowest BCUT2D eigenvalue weighted by Crippen LogP contribution is -2.47. The van der Waals surface area contributed by atoms with Crippen LogP contribution in [-0.4, -0.2) is 44.7 Å². The lowest BCUT2D eigenvalue weighted by Gasteiger charge is -2.40. The summed E-state index contributed by atoms with van der Waals surface area (Å²) in [5.41, 5.74) is -1.80. The van der Waals surface area contributed by atoms with E-state index in [0.29, 0.717) is 37.6 Å². The minimum atomic E-state index is -4.51. The molecule has 0 bridgehead atoms. The molecule has 8 nitrogen and oxygen atoms in total. The molecule has 1 N–H and O–H groups in total. The lowest BCUT2D eigenvalue weighted by molar-refractivity contribution is -0.141. The maximum Gasteiger partial charge on any atom is 0.433 e. The summed E-state index contributed by atoms with van der Waals surface area (Å²) in [5.74, 6) is 0.770. The number of halogens is 3. The van der Waals surface area contributed by atoms with Crippen LogP contribution in [0.3, 0.4) is 0 Å². The molecule has 2 aromatic rings. The molecule has 0 atom stereocenters. The zero-order chi connectivity index (χ0) is 20.8. The van der Waals surface area contributed by atoms with Crippen LogP contribution in [0.1, 0.15) is 31.4 Å². The molecule has 0 radical (unpaired) electrons. The Balaban J connectivity index is 1.52. The Morgan fingerprint density at radius 1 is 1.07 bits per heavy atom. The number of H-pyrrole nitrogens is 1. The van der Waals surface area contributed by atoms with Gasteiger partial charge < -0.3 is 9.80 Å². The first-order valence-corrected chi connectivity index (χ1v) is 9.47. The molecule has 3 heterocycles. The average Bonchev–Trinajstić information content (AvgIpc) is 3.51. The van der Waals surface area contributed by atoms with Crippen molar-refractivity contribution in [2.75, 3.05) is 22.9 Å². The second-order valence-corrected chi connectivity index (χ2v) is 7.47. The van der Waals surface area contributed by atoms with Gasteiger partial charge in [-0.25, -0.2) is 14.8 Å². The normalized spacial score (nSPS) is 18.1. The molecule has 1 saturated carbocycles. The second kappa shape index (κ2) is 7.20. The molecule has 1 saturated heterocycles. The summed E-state index contributed by atoms with van der Waals surface area (Å²) in [6.45, 7) is 1.16. The number of piperidine rings is 1. The van der Waals surface area contributed by atoms with Gasteiger partial charge in [0.1, 0.15) is 23.7 Å². The smallest absolute Gasteiger partial charge is 0.358 e. The zero-order valence-electron chi connectivity index (χ0n) is 15.8. The van der Waals surface area contributed by atoms with Gasteiger partial charge in [-0.15, -0.1) is 0 Å². The summed E-state index contributed by atoms with van der Waals surface area (Å²) in [6.07, 6.45) is -0.339. The highest BCUT2D eigenvalue weighted by Crippen LogP contribution is 2.37. The maximum absolute atomic E-state index is 13.1. The fourth-order valence-corrected chi connectivity index (χ4v) is 3.77. The van der Waals surface area contributed by atoms with Crippen molar-refractivity contribution in [1.29, 1.82) is 0 Å². The van der Waals surface area contributed by atoms with E-state index >= 15 is 0 Å². The summed E-state index contributed by atoms with van der Waals surface area (Å²) in [7, 11) is 1.40. The van der Waals surface area contributed by atoms with Crippen molar-refractivity contribution >= 4 is 11.6 Å². The van der Waals surface area contributed by atoms with Crippen LogP contribution >= 0.6 is 0 Å². The first kappa shape index (κ1) is 19.5. The van der Waals surface area contributed by atoms with Crippen LogP contribution in [0.2, 0.25) is 0 Å². The number of hydrogen-bond acceptors (Lipinski definition) is 6. The zero-order valence-corrected chi connectivity index (χ0v) is 15.8. The lowest BCUT2D eigenvalue weighted by atomic mass is 10.0. The van der Waals surface area contributed by atoms with Gasteiger partial charge in [-0.1, -0.05) is 0 Å². The highest BCUT2D eigenvalue weighted by molar-refractivity contribution is 5.45. The standard InChI is InChI=1S/C18H21F3N6O2/c1-25-16(28)9-15(24-17(25)29)26-6-4-12(5-7-26)27(11-2-3-11)14-8-13(18(19,20)21)22-10-23-14/h8-12H,2-7H2,1H3,(H,24,29). The number of rotatable bonds is 4. The molecular formula is C18H21F3N6O2. The number of aromatic amines is 1. The number of anilines is 2. The number of hydrogen-bond donors (Lipinski definition) is 1. The number of alkyl halides is 3. The predicted octanol–water partition coefficient (Wildman–Crippen LogP) is 1.52. The van der Waals surface area contributed by atoms with E-state index in [2.05, 4.69) is 15.0 Å². The van der Waals surface area contributed by atoms with E-state index in [1.54, 1.807) is 0 Å². The Morgan fingerprint density at radius 3 is 2.31 bits per heavy atom. The molecule has 0 spiro atoms. The molecule has 0 amide bonds. The second-order valence-electron chi connectivity index (χ2n) is 7.47. The van der Waals surface area contributed by atoms with Gasteiger partial charge in [0.25, 0.3) is 5.56 Å². The van der Waals surface area contributed by atoms with Gasteiger partial charge in [-0.2, -0.15) is 13.2 Å². The van der Waals surface area contributed by atoms with Gasteiger partial charge >= 0.3 is 11.9 Å². The molecule has 0 unspecified atom stereocenters. The molecule has 1 aliphatic heterocycles. The highest BCUT2D eigenvalue weighted by atomic mass is 19.4. The van der Waals surface area contributed by atoms with Crippen molar-refractivity contribution in [3.63, 3.8) is 0 Å². The summed E-state index contributed by atoms with van der Waals surface area (Å²) < 4.78 is 40.2. The number of nitrogens with zero attached hydrogens (tertiary/aromatic N) is 5. The third-order valence-corrected chi connectivity index (χ3v) is 5.48. The van der Waals surface area contributed by atoms with Crippen molar-refractivity contribution in [3.8, 4) is 0 Å². The third kappa shape index (κ3) is 3.99. The monoisotopic (exact) mass is 410 g/mol. The molecule has 156 valence electrons. The Hall–Kier alpha value is -2.85. The quantitative estimate of drug-likeness (QED) is 0.823. The first-order valence-electron chi connectivity index (χ1n) is 9.47. The van der Waals surface area contributed by atoms with E-state index < -0.39 is 17.6 Å². The topological polar surface area (TPSA) is 87.1 Å². The van der Waals surface area contributed by atoms with Crippen LogP contribution in [0.25, 0.3) is 0 Å². The third-order valence-electron chi connectivity index (χ3n) is 5.48. The fraction of sp³-hybridized carbons (Fsp3) is 0.556. The van der Waals surface area contributed by atoms with Crippen LogP contribution in [0, 0.1) is 0 Å². The van der Waals surface area contributed by atoms with E-state index in [0.717, 1.165) is 29.8 Å². The van der Waals surface area contributed by atoms with Crippen LogP contribution in [0.15, 0.2) is 28.0 Å². The first-order chi connectivity index (χ1) is 13.7. The molecule has 0 aromatic carbocycles. The van der Waals surface area contributed by atoms with E-state index in [9.17, 15) is 22.8 Å². The van der Waals surface area contributed by atoms with E-state index in [4.69, 9.17) is 0 Å². The molecular weight excluding hydrogens is 389 g/mol. The largest absolute Gasteiger partial charge is 0.433 e. The molecule has 4 rings (SSSR count). The van der Waals surface area contributed by atoms with Crippen molar-refractivity contribution in [2.45, 2.75) is 43.9 Å². The van der Waals surface area contributed by atoms with Gasteiger partial charge in [0.05, 0.1) is 0 Å². The summed E-state index contributed by atoms with van der Waals surface area (Å²) in [4.78, 5) is 37.8. The average molecular weight is 410 g/mol.